The second-order valence-corrected chi connectivity index (χ2v) is 5.48. The molecule has 0 unspecified atom stereocenters. The van der Waals surface area contributed by atoms with Gasteiger partial charge in [0.25, 0.3) is 0 Å². The van der Waals surface area contributed by atoms with Gasteiger partial charge in [-0.05, 0) is 41.8 Å². The molecule has 0 N–H and O–H groups in total. The summed E-state index contributed by atoms with van der Waals surface area (Å²) in [6.07, 6.45) is 5.53. The van der Waals surface area contributed by atoms with Crippen LogP contribution >= 0.6 is 0 Å². The number of benzene rings is 1. The predicted octanol–water partition coefficient (Wildman–Crippen LogP) is 3.90. The Bertz CT molecular complexity index is 524. The van der Waals surface area contributed by atoms with E-state index in [1.165, 1.54) is 11.3 Å². The lowest BCUT2D eigenvalue weighted by atomic mass is 9.98. The van der Waals surface area contributed by atoms with Crippen molar-refractivity contribution in [2.75, 3.05) is 20.6 Å². The summed E-state index contributed by atoms with van der Waals surface area (Å²) in [4.78, 5) is 0. The number of nitrogens with zero attached hydrogens (tertiary/aromatic N) is 1. The van der Waals surface area contributed by atoms with E-state index in [2.05, 4.69) is 33.2 Å². The van der Waals surface area contributed by atoms with E-state index in [4.69, 9.17) is 0 Å². The smallest absolute Gasteiger partial charge is 0.126 e. The molecule has 1 aliphatic rings. The van der Waals surface area contributed by atoms with Crippen molar-refractivity contribution in [2.24, 2.45) is 0 Å². The highest BCUT2D eigenvalue weighted by Gasteiger charge is 2.23. The number of hydrogen-bond acceptors (Lipinski definition) is 0. The van der Waals surface area contributed by atoms with E-state index in [0.717, 1.165) is 23.0 Å². The number of quaternary nitrogens is 1. The molecule has 1 aliphatic heterocycles. The average molecular weight is 246 g/mol. The van der Waals surface area contributed by atoms with Crippen molar-refractivity contribution in [1.82, 2.24) is 0 Å². The number of halogens is 1. The van der Waals surface area contributed by atoms with Gasteiger partial charge in [-0.3, -0.25) is 4.48 Å². The van der Waals surface area contributed by atoms with Crippen LogP contribution in [0.4, 0.5) is 4.39 Å². The van der Waals surface area contributed by atoms with Crippen molar-refractivity contribution in [1.29, 1.82) is 0 Å². The first-order valence-corrected chi connectivity index (χ1v) is 6.45. The molecule has 0 spiro atoms. The summed E-state index contributed by atoms with van der Waals surface area (Å²) in [5, 5.41) is 0. The van der Waals surface area contributed by atoms with Crippen LogP contribution in [0.3, 0.4) is 0 Å². The van der Waals surface area contributed by atoms with E-state index in [9.17, 15) is 4.39 Å². The Morgan fingerprint density at radius 1 is 1.28 bits per heavy atom. The minimum atomic E-state index is -0.133. The van der Waals surface area contributed by atoms with E-state index in [0.29, 0.717) is 5.56 Å². The minimum Gasteiger partial charge on any atom is -0.296 e. The Balaban J connectivity index is 2.38. The van der Waals surface area contributed by atoms with Gasteiger partial charge in [-0.15, -0.1) is 0 Å². The Kier molecular flexibility index (Phi) is 3.40. The highest BCUT2D eigenvalue weighted by Crippen LogP contribution is 2.28. The summed E-state index contributed by atoms with van der Waals surface area (Å²) >= 11 is 0. The fraction of sp³-hybridized carbons (Fsp3) is 0.375. The predicted molar refractivity (Wildman–Crippen MR) is 74.5 cm³/mol. The van der Waals surface area contributed by atoms with Gasteiger partial charge in [0.2, 0.25) is 0 Å². The van der Waals surface area contributed by atoms with Crippen molar-refractivity contribution < 1.29 is 8.87 Å². The number of allylic oxidation sites excluding steroid dienone is 3. The maximum atomic E-state index is 13.3. The minimum absolute atomic E-state index is 0.133. The van der Waals surface area contributed by atoms with Crippen LogP contribution in [-0.4, -0.2) is 25.1 Å². The van der Waals surface area contributed by atoms with Crippen LogP contribution in [0.5, 0.6) is 0 Å². The molecule has 0 aliphatic carbocycles. The molecule has 0 radical (unpaired) electrons. The number of rotatable bonds is 2. The SMILES string of the molecule is CCC1=CC(c2ccc(F)c(C)c2)=CC[N+]1(C)C. The molecule has 2 rings (SSSR count). The molecule has 1 nitrogen and oxygen atoms in total. The molecule has 1 aromatic carbocycles. The van der Waals surface area contributed by atoms with Crippen molar-refractivity contribution in [3.63, 3.8) is 0 Å². The third-order valence-electron chi connectivity index (χ3n) is 3.72. The average Bonchev–Trinajstić information content (AvgIpc) is 2.32. The number of aryl methyl sites for hydroxylation is 1. The molecular weight excluding hydrogens is 225 g/mol. The standard InChI is InChI=1S/C16H21FN/c1-5-15-11-14(8-9-18(15,3)4)13-6-7-16(17)12(2)10-13/h6-8,10-11H,5,9H2,1-4H3/q+1. The molecular formula is C16H21FN+. The molecule has 0 saturated heterocycles. The summed E-state index contributed by atoms with van der Waals surface area (Å²) < 4.78 is 14.2. The van der Waals surface area contributed by atoms with Crippen LogP contribution < -0.4 is 0 Å². The fourth-order valence-corrected chi connectivity index (χ4v) is 2.41. The summed E-state index contributed by atoms with van der Waals surface area (Å²) in [6.45, 7) is 4.99. The lowest BCUT2D eigenvalue weighted by Crippen LogP contribution is -2.40. The van der Waals surface area contributed by atoms with Crippen LogP contribution in [-0.2, 0) is 0 Å². The highest BCUT2D eigenvalue weighted by molar-refractivity contribution is 5.75. The van der Waals surface area contributed by atoms with E-state index >= 15 is 0 Å². The van der Waals surface area contributed by atoms with Crippen molar-refractivity contribution in [3.05, 3.63) is 53.0 Å². The first-order chi connectivity index (χ1) is 8.44. The molecule has 96 valence electrons. The van der Waals surface area contributed by atoms with Gasteiger partial charge in [0.15, 0.2) is 0 Å². The Labute approximate surface area is 109 Å². The van der Waals surface area contributed by atoms with Crippen LogP contribution in [0.15, 0.2) is 36.0 Å². The van der Waals surface area contributed by atoms with Gasteiger partial charge in [-0.1, -0.05) is 13.0 Å². The molecule has 2 heteroatoms. The Morgan fingerprint density at radius 2 is 2.00 bits per heavy atom. The summed E-state index contributed by atoms with van der Waals surface area (Å²) in [7, 11) is 4.44. The van der Waals surface area contributed by atoms with Gasteiger partial charge in [0.1, 0.15) is 18.1 Å². The fourth-order valence-electron chi connectivity index (χ4n) is 2.41. The topological polar surface area (TPSA) is 0 Å². The van der Waals surface area contributed by atoms with E-state index < -0.39 is 0 Å². The first kappa shape index (κ1) is 13.0. The van der Waals surface area contributed by atoms with Crippen molar-refractivity contribution in [2.45, 2.75) is 20.3 Å². The van der Waals surface area contributed by atoms with Crippen LogP contribution in [0, 0.1) is 12.7 Å². The van der Waals surface area contributed by atoms with Gasteiger partial charge in [-0.2, -0.15) is 0 Å². The zero-order valence-electron chi connectivity index (χ0n) is 11.6. The second-order valence-electron chi connectivity index (χ2n) is 5.48. The molecule has 0 atom stereocenters. The zero-order chi connectivity index (χ0) is 13.3. The molecule has 18 heavy (non-hydrogen) atoms. The molecule has 1 heterocycles. The van der Waals surface area contributed by atoms with Crippen molar-refractivity contribution in [3.8, 4) is 0 Å². The van der Waals surface area contributed by atoms with Crippen LogP contribution in [0.25, 0.3) is 5.57 Å². The summed E-state index contributed by atoms with van der Waals surface area (Å²) in [5.74, 6) is -0.133. The Morgan fingerprint density at radius 3 is 2.61 bits per heavy atom. The van der Waals surface area contributed by atoms with Gasteiger partial charge >= 0.3 is 0 Å². The molecule has 0 bridgehead atoms. The van der Waals surface area contributed by atoms with Gasteiger partial charge in [0, 0.05) is 12.5 Å². The first-order valence-electron chi connectivity index (χ1n) is 6.45. The number of likely N-dealkylation sites (N-methyl/N-ethyl adjacent to an activating group) is 1. The quantitative estimate of drug-likeness (QED) is 0.694. The maximum Gasteiger partial charge on any atom is 0.126 e. The van der Waals surface area contributed by atoms with Crippen molar-refractivity contribution >= 4 is 5.57 Å². The zero-order valence-corrected chi connectivity index (χ0v) is 11.6. The van der Waals surface area contributed by atoms with E-state index in [1.54, 1.807) is 6.07 Å². The second kappa shape index (κ2) is 4.69. The normalized spacial score (nSPS) is 18.3. The molecule has 0 amide bonds. The van der Waals surface area contributed by atoms with Crippen LogP contribution in [0.2, 0.25) is 0 Å². The lowest BCUT2D eigenvalue weighted by Gasteiger charge is -2.33. The van der Waals surface area contributed by atoms with E-state index in [-0.39, 0.29) is 5.82 Å². The lowest BCUT2D eigenvalue weighted by molar-refractivity contribution is -0.848. The number of hydrogen-bond donors (Lipinski definition) is 0. The molecule has 0 fully saturated rings. The third-order valence-corrected chi connectivity index (χ3v) is 3.72. The highest BCUT2D eigenvalue weighted by atomic mass is 19.1. The van der Waals surface area contributed by atoms with Gasteiger partial charge < -0.3 is 0 Å². The molecule has 0 aromatic heterocycles. The van der Waals surface area contributed by atoms with Gasteiger partial charge in [-0.25, -0.2) is 4.39 Å². The monoisotopic (exact) mass is 246 g/mol. The van der Waals surface area contributed by atoms with Crippen LogP contribution in [0.1, 0.15) is 24.5 Å². The van der Waals surface area contributed by atoms with Gasteiger partial charge in [0.05, 0.1) is 14.1 Å². The summed E-state index contributed by atoms with van der Waals surface area (Å²) in [5.41, 5.74) is 4.45. The maximum absolute atomic E-state index is 13.3. The summed E-state index contributed by atoms with van der Waals surface area (Å²) in [6, 6.07) is 5.35. The third kappa shape index (κ3) is 2.39. The molecule has 0 saturated carbocycles. The van der Waals surface area contributed by atoms with E-state index in [1.807, 2.05) is 19.1 Å². The largest absolute Gasteiger partial charge is 0.296 e. The Hall–Kier alpha value is -1.41. The molecule has 1 aromatic rings.